The molecule has 2 aromatic rings. The van der Waals surface area contributed by atoms with Crippen molar-refractivity contribution in [3.05, 3.63) is 30.2 Å². The Balaban J connectivity index is 2.09. The summed E-state index contributed by atoms with van der Waals surface area (Å²) in [5.74, 6) is 0. The Labute approximate surface area is 147 Å². The van der Waals surface area contributed by atoms with E-state index in [-0.39, 0.29) is 6.54 Å². The molecule has 7 heteroatoms. The summed E-state index contributed by atoms with van der Waals surface area (Å²) < 4.78 is 12.0. The zero-order chi connectivity index (χ0) is 18.8. The Hall–Kier alpha value is -2.57. The molecule has 25 heavy (non-hydrogen) atoms. The van der Waals surface area contributed by atoms with Gasteiger partial charge in [-0.05, 0) is 53.7 Å². The number of ether oxygens (including phenoxy) is 2. The van der Waals surface area contributed by atoms with Crippen LogP contribution in [-0.2, 0) is 16.0 Å². The minimum Gasteiger partial charge on any atom is -0.444 e. The van der Waals surface area contributed by atoms with Gasteiger partial charge in [0.1, 0.15) is 11.2 Å². The molecule has 2 aromatic heterocycles. The fraction of sp³-hybridized carbons (Fsp3) is 0.500. The van der Waals surface area contributed by atoms with Crippen LogP contribution in [0, 0.1) is 0 Å². The first-order valence-corrected chi connectivity index (χ1v) is 8.11. The van der Waals surface area contributed by atoms with Crippen LogP contribution in [0.5, 0.6) is 0 Å². The number of carbonyl (C=O) groups is 2. The molecule has 0 unspecified atom stereocenters. The molecule has 0 atom stereocenters. The summed E-state index contributed by atoms with van der Waals surface area (Å²) in [5.41, 5.74) is 0.195. The number of hydrogen-bond acceptors (Lipinski definition) is 5. The summed E-state index contributed by atoms with van der Waals surface area (Å²) >= 11 is 0. The standard InChI is InChI=1S/C18H25N3O4/c1-17(2,3)24-15(22)20-10-13-9-12-7-8-21(14(12)11-19-13)16(23)25-18(4,5)6/h7-9,11H,10H2,1-6H3,(H,20,22). The van der Waals surface area contributed by atoms with Crippen molar-refractivity contribution in [3.8, 4) is 0 Å². The van der Waals surface area contributed by atoms with Gasteiger partial charge in [0.2, 0.25) is 0 Å². The maximum Gasteiger partial charge on any atom is 0.419 e. The summed E-state index contributed by atoms with van der Waals surface area (Å²) in [7, 11) is 0. The van der Waals surface area contributed by atoms with Crippen molar-refractivity contribution in [3.63, 3.8) is 0 Å². The van der Waals surface area contributed by atoms with E-state index < -0.39 is 23.4 Å². The van der Waals surface area contributed by atoms with E-state index in [0.717, 1.165) is 5.39 Å². The summed E-state index contributed by atoms with van der Waals surface area (Å²) in [6.45, 7) is 11.1. The number of aromatic nitrogens is 2. The van der Waals surface area contributed by atoms with E-state index in [0.29, 0.717) is 11.2 Å². The molecule has 1 amide bonds. The van der Waals surface area contributed by atoms with Gasteiger partial charge < -0.3 is 14.8 Å². The van der Waals surface area contributed by atoms with Crippen molar-refractivity contribution < 1.29 is 19.1 Å². The van der Waals surface area contributed by atoms with Gasteiger partial charge in [-0.3, -0.25) is 9.55 Å². The van der Waals surface area contributed by atoms with Crippen LogP contribution in [0.25, 0.3) is 10.9 Å². The molecule has 0 aliphatic carbocycles. The van der Waals surface area contributed by atoms with E-state index in [1.807, 2.05) is 26.8 Å². The quantitative estimate of drug-likeness (QED) is 0.892. The van der Waals surface area contributed by atoms with E-state index in [9.17, 15) is 9.59 Å². The predicted octanol–water partition coefficient (Wildman–Crippen LogP) is 3.84. The van der Waals surface area contributed by atoms with E-state index in [1.54, 1.807) is 39.2 Å². The first-order valence-electron chi connectivity index (χ1n) is 8.11. The minimum absolute atomic E-state index is 0.239. The van der Waals surface area contributed by atoms with Crippen LogP contribution in [0.4, 0.5) is 9.59 Å². The van der Waals surface area contributed by atoms with E-state index in [1.165, 1.54) is 4.57 Å². The number of amides is 1. The average Bonchev–Trinajstić information content (AvgIpc) is 2.84. The SMILES string of the molecule is CC(C)(C)OC(=O)NCc1cc2ccn(C(=O)OC(C)(C)C)c2cn1. The monoisotopic (exact) mass is 347 g/mol. The molecule has 0 saturated heterocycles. The molecule has 0 bridgehead atoms. The Morgan fingerprint density at radius 1 is 1.12 bits per heavy atom. The van der Waals surface area contributed by atoms with E-state index >= 15 is 0 Å². The molecule has 0 radical (unpaired) electrons. The molecule has 0 spiro atoms. The number of hydrogen-bond donors (Lipinski definition) is 1. The van der Waals surface area contributed by atoms with Crippen LogP contribution in [0.3, 0.4) is 0 Å². The van der Waals surface area contributed by atoms with Crippen molar-refractivity contribution in [2.24, 2.45) is 0 Å². The lowest BCUT2D eigenvalue weighted by atomic mass is 10.2. The van der Waals surface area contributed by atoms with Crippen LogP contribution in [0.15, 0.2) is 24.5 Å². The Kier molecular flexibility index (Phi) is 5.06. The molecule has 0 aliphatic rings. The summed E-state index contributed by atoms with van der Waals surface area (Å²) in [6, 6.07) is 3.62. The Morgan fingerprint density at radius 3 is 2.36 bits per heavy atom. The van der Waals surface area contributed by atoms with E-state index in [4.69, 9.17) is 9.47 Å². The van der Waals surface area contributed by atoms with Gasteiger partial charge >= 0.3 is 12.2 Å². The number of rotatable bonds is 2. The fourth-order valence-electron chi connectivity index (χ4n) is 2.12. The van der Waals surface area contributed by atoms with Gasteiger partial charge in [-0.2, -0.15) is 0 Å². The molecule has 7 nitrogen and oxygen atoms in total. The molecular formula is C18H25N3O4. The summed E-state index contributed by atoms with van der Waals surface area (Å²) in [4.78, 5) is 28.2. The Bertz CT molecular complexity index is 782. The lowest BCUT2D eigenvalue weighted by molar-refractivity contribution is 0.0518. The molecule has 0 saturated carbocycles. The number of alkyl carbamates (subject to hydrolysis) is 1. The lowest BCUT2D eigenvalue weighted by Crippen LogP contribution is -2.32. The fourth-order valence-corrected chi connectivity index (χ4v) is 2.12. The maximum atomic E-state index is 12.2. The van der Waals surface area contributed by atoms with Crippen molar-refractivity contribution in [1.29, 1.82) is 0 Å². The number of pyridine rings is 1. The van der Waals surface area contributed by atoms with Gasteiger partial charge in [-0.15, -0.1) is 0 Å². The van der Waals surface area contributed by atoms with Crippen LogP contribution in [-0.4, -0.2) is 32.9 Å². The second-order valence-corrected chi connectivity index (χ2v) is 7.76. The van der Waals surface area contributed by atoms with Gasteiger partial charge in [-0.25, -0.2) is 9.59 Å². The number of fused-ring (bicyclic) bond motifs is 1. The number of nitrogens with zero attached hydrogens (tertiary/aromatic N) is 2. The molecule has 0 fully saturated rings. The van der Waals surface area contributed by atoms with Crippen molar-refractivity contribution >= 4 is 23.1 Å². The second-order valence-electron chi connectivity index (χ2n) is 7.76. The van der Waals surface area contributed by atoms with Gasteiger partial charge in [0.05, 0.1) is 24.0 Å². The zero-order valence-corrected chi connectivity index (χ0v) is 15.5. The smallest absolute Gasteiger partial charge is 0.419 e. The third-order valence-corrected chi connectivity index (χ3v) is 3.04. The molecule has 136 valence electrons. The second kappa shape index (κ2) is 6.74. The third kappa shape index (κ3) is 5.48. The van der Waals surface area contributed by atoms with Crippen molar-refractivity contribution in [2.45, 2.75) is 59.3 Å². The maximum absolute atomic E-state index is 12.2. The summed E-state index contributed by atoms with van der Waals surface area (Å²) in [6.07, 6.45) is 2.28. The molecule has 2 rings (SSSR count). The van der Waals surface area contributed by atoms with Crippen LogP contribution < -0.4 is 5.32 Å². The summed E-state index contributed by atoms with van der Waals surface area (Å²) in [5, 5.41) is 3.49. The predicted molar refractivity (Wildman–Crippen MR) is 94.4 cm³/mol. The molecular weight excluding hydrogens is 322 g/mol. The highest BCUT2D eigenvalue weighted by Crippen LogP contribution is 2.18. The normalized spacial score (nSPS) is 12.1. The first kappa shape index (κ1) is 18.8. The van der Waals surface area contributed by atoms with E-state index in [2.05, 4.69) is 10.3 Å². The number of carbonyl (C=O) groups excluding carboxylic acids is 2. The zero-order valence-electron chi connectivity index (χ0n) is 15.5. The third-order valence-electron chi connectivity index (χ3n) is 3.04. The van der Waals surface area contributed by atoms with Gasteiger partial charge in [0, 0.05) is 11.6 Å². The lowest BCUT2D eigenvalue weighted by Gasteiger charge is -2.20. The topological polar surface area (TPSA) is 82.5 Å². The average molecular weight is 347 g/mol. The van der Waals surface area contributed by atoms with Gasteiger partial charge in [0.25, 0.3) is 0 Å². The highest BCUT2D eigenvalue weighted by molar-refractivity contribution is 5.89. The van der Waals surface area contributed by atoms with Crippen molar-refractivity contribution in [2.75, 3.05) is 0 Å². The molecule has 0 aliphatic heterocycles. The largest absolute Gasteiger partial charge is 0.444 e. The first-order chi connectivity index (χ1) is 11.4. The highest BCUT2D eigenvalue weighted by atomic mass is 16.6. The van der Waals surface area contributed by atoms with Crippen molar-refractivity contribution in [1.82, 2.24) is 14.9 Å². The highest BCUT2D eigenvalue weighted by Gasteiger charge is 2.19. The van der Waals surface area contributed by atoms with Crippen LogP contribution in [0.1, 0.15) is 47.2 Å². The molecule has 1 N–H and O–H groups in total. The van der Waals surface area contributed by atoms with Crippen LogP contribution >= 0.6 is 0 Å². The molecule has 0 aromatic carbocycles. The van der Waals surface area contributed by atoms with Gasteiger partial charge in [-0.1, -0.05) is 0 Å². The van der Waals surface area contributed by atoms with Crippen LogP contribution in [0.2, 0.25) is 0 Å². The van der Waals surface area contributed by atoms with Gasteiger partial charge in [0.15, 0.2) is 0 Å². The minimum atomic E-state index is -0.571. The Morgan fingerprint density at radius 2 is 1.76 bits per heavy atom. The number of nitrogens with one attached hydrogen (secondary N) is 1. The molecule has 2 heterocycles.